The second-order valence-electron chi connectivity index (χ2n) is 8.13. The Bertz CT molecular complexity index is 1070. The van der Waals surface area contributed by atoms with E-state index in [1.54, 1.807) is 12.1 Å². The van der Waals surface area contributed by atoms with Gasteiger partial charge in [0, 0.05) is 30.5 Å². The Hall–Kier alpha value is -2.80. The number of carbonyl (C=O) groups excluding carboxylic acids is 1. The Morgan fingerprint density at radius 1 is 1.17 bits per heavy atom. The average Bonchev–Trinajstić information content (AvgIpc) is 3.05. The number of aliphatic hydroxyl groups is 1. The molecule has 1 aromatic heterocycles. The van der Waals surface area contributed by atoms with E-state index >= 15 is 0 Å². The fourth-order valence-electron chi connectivity index (χ4n) is 4.06. The molecule has 4 rings (SSSR count). The van der Waals surface area contributed by atoms with Gasteiger partial charge in [-0.15, -0.1) is 0 Å². The van der Waals surface area contributed by atoms with Crippen LogP contribution in [0.3, 0.4) is 0 Å². The summed E-state index contributed by atoms with van der Waals surface area (Å²) in [6.07, 6.45) is 1.11. The van der Waals surface area contributed by atoms with Crippen molar-refractivity contribution in [3.05, 3.63) is 59.4 Å². The number of aromatic amines is 1. The van der Waals surface area contributed by atoms with Crippen LogP contribution in [0.2, 0.25) is 0 Å². The van der Waals surface area contributed by atoms with Crippen LogP contribution >= 0.6 is 0 Å². The smallest absolute Gasteiger partial charge is 0.223 e. The monoisotopic (exact) mass is 416 g/mol. The molecule has 0 spiro atoms. The van der Waals surface area contributed by atoms with Crippen LogP contribution in [0.5, 0.6) is 0 Å². The van der Waals surface area contributed by atoms with Crippen molar-refractivity contribution in [1.82, 2.24) is 10.3 Å². The van der Waals surface area contributed by atoms with Gasteiger partial charge >= 0.3 is 0 Å². The summed E-state index contributed by atoms with van der Waals surface area (Å²) >= 11 is 0. The van der Waals surface area contributed by atoms with E-state index in [-0.39, 0.29) is 41.6 Å². The number of aromatic nitrogens is 1. The maximum atomic E-state index is 14.4. The van der Waals surface area contributed by atoms with Crippen LogP contribution in [0.25, 0.3) is 22.2 Å². The molecule has 3 N–H and O–H groups in total. The number of carbonyl (C=O) groups is 1. The largest absolute Gasteiger partial charge is 0.396 e. The highest BCUT2D eigenvalue weighted by atomic mass is 19.1. The number of H-pyrrole nitrogens is 1. The van der Waals surface area contributed by atoms with Crippen molar-refractivity contribution >= 4 is 16.8 Å². The molecule has 1 aliphatic carbocycles. The van der Waals surface area contributed by atoms with Crippen molar-refractivity contribution < 1.29 is 23.1 Å². The summed E-state index contributed by atoms with van der Waals surface area (Å²) in [6, 6.07) is 7.96. The first-order chi connectivity index (χ1) is 14.4. The lowest BCUT2D eigenvalue weighted by atomic mass is 9.70. The molecule has 1 fully saturated rings. The minimum Gasteiger partial charge on any atom is -0.396 e. The van der Waals surface area contributed by atoms with Gasteiger partial charge in [0.15, 0.2) is 0 Å². The summed E-state index contributed by atoms with van der Waals surface area (Å²) in [5, 5.41) is 12.4. The first kappa shape index (κ1) is 20.5. The van der Waals surface area contributed by atoms with Gasteiger partial charge in [0.05, 0.1) is 11.2 Å². The lowest BCUT2D eigenvalue weighted by Crippen LogP contribution is -2.40. The molecule has 1 saturated carbocycles. The van der Waals surface area contributed by atoms with E-state index in [4.69, 9.17) is 5.11 Å². The third-order valence-corrected chi connectivity index (χ3v) is 5.85. The predicted molar refractivity (Wildman–Crippen MR) is 108 cm³/mol. The zero-order valence-electron chi connectivity index (χ0n) is 16.5. The van der Waals surface area contributed by atoms with Gasteiger partial charge in [-0.1, -0.05) is 6.92 Å². The summed E-state index contributed by atoms with van der Waals surface area (Å²) in [6.45, 7) is 2.25. The molecule has 0 saturated heterocycles. The van der Waals surface area contributed by atoms with Crippen molar-refractivity contribution in [2.24, 2.45) is 11.8 Å². The third-order valence-electron chi connectivity index (χ3n) is 5.85. The number of hydrogen-bond acceptors (Lipinski definition) is 2. The van der Waals surface area contributed by atoms with Gasteiger partial charge in [-0.05, 0) is 66.1 Å². The quantitative estimate of drug-likeness (QED) is 0.554. The van der Waals surface area contributed by atoms with Gasteiger partial charge in [0.2, 0.25) is 5.91 Å². The third kappa shape index (κ3) is 3.81. The molecule has 30 heavy (non-hydrogen) atoms. The standard InChI is InChI=1S/C23H23F3N2O2/c1-12(11-29)10-27-23(30)15-6-14(7-15)20-18-8-17(25)9-19(26)22(18)28-21(20)13-2-4-16(24)5-3-13/h2-5,8-9,12,14-15,28-29H,6-7,10-11H2,1H3,(H,27,30). The molecule has 0 aliphatic heterocycles. The average molecular weight is 416 g/mol. The summed E-state index contributed by atoms with van der Waals surface area (Å²) in [4.78, 5) is 15.4. The van der Waals surface area contributed by atoms with E-state index in [0.29, 0.717) is 36.0 Å². The van der Waals surface area contributed by atoms with E-state index in [1.165, 1.54) is 18.2 Å². The van der Waals surface area contributed by atoms with Crippen molar-refractivity contribution in [3.8, 4) is 11.3 Å². The molecule has 3 aromatic rings. The molecule has 1 amide bonds. The maximum absolute atomic E-state index is 14.4. The zero-order chi connectivity index (χ0) is 21.4. The van der Waals surface area contributed by atoms with Gasteiger partial charge in [0.1, 0.15) is 17.5 Å². The molecule has 7 heteroatoms. The number of halogens is 3. The van der Waals surface area contributed by atoms with Gasteiger partial charge < -0.3 is 15.4 Å². The second-order valence-corrected chi connectivity index (χ2v) is 8.13. The molecule has 1 aliphatic rings. The van der Waals surface area contributed by atoms with Crippen LogP contribution in [0.4, 0.5) is 13.2 Å². The normalized spacial score (nSPS) is 19.5. The number of hydrogen-bond donors (Lipinski definition) is 3. The van der Waals surface area contributed by atoms with Gasteiger partial charge in [-0.25, -0.2) is 13.2 Å². The maximum Gasteiger partial charge on any atom is 0.223 e. The van der Waals surface area contributed by atoms with Crippen LogP contribution in [-0.2, 0) is 4.79 Å². The molecule has 1 unspecified atom stereocenters. The SMILES string of the molecule is CC(CO)CNC(=O)C1CC(c2c(-c3ccc(F)cc3)[nH]c3c(F)cc(F)cc23)C1. The van der Waals surface area contributed by atoms with Crippen LogP contribution in [0.1, 0.15) is 31.2 Å². The van der Waals surface area contributed by atoms with E-state index in [0.717, 1.165) is 11.6 Å². The zero-order valence-corrected chi connectivity index (χ0v) is 16.5. The molecule has 4 nitrogen and oxygen atoms in total. The van der Waals surface area contributed by atoms with E-state index < -0.39 is 11.6 Å². The molecule has 0 bridgehead atoms. The number of benzene rings is 2. The molecule has 0 radical (unpaired) electrons. The summed E-state index contributed by atoms with van der Waals surface area (Å²) in [5.41, 5.74) is 2.25. The van der Waals surface area contributed by atoms with E-state index in [2.05, 4.69) is 10.3 Å². The Morgan fingerprint density at radius 3 is 2.53 bits per heavy atom. The van der Waals surface area contributed by atoms with Gasteiger partial charge in [-0.2, -0.15) is 0 Å². The molecule has 2 aromatic carbocycles. The first-order valence-corrected chi connectivity index (χ1v) is 10.0. The highest BCUT2D eigenvalue weighted by molar-refractivity contribution is 5.92. The second kappa shape index (κ2) is 8.14. The summed E-state index contributed by atoms with van der Waals surface area (Å²) < 4.78 is 41.7. The molecule has 158 valence electrons. The predicted octanol–water partition coefficient (Wildman–Crippen LogP) is 4.49. The number of nitrogens with one attached hydrogen (secondary N) is 2. The first-order valence-electron chi connectivity index (χ1n) is 10.0. The summed E-state index contributed by atoms with van der Waals surface area (Å²) in [5.74, 6) is -2.08. The topological polar surface area (TPSA) is 65.1 Å². The highest BCUT2D eigenvalue weighted by Gasteiger charge is 2.38. The Balaban J connectivity index is 1.64. The van der Waals surface area contributed by atoms with Crippen molar-refractivity contribution in [1.29, 1.82) is 0 Å². The summed E-state index contributed by atoms with van der Waals surface area (Å²) in [7, 11) is 0. The van der Waals surface area contributed by atoms with Crippen molar-refractivity contribution in [3.63, 3.8) is 0 Å². The molecule has 1 atom stereocenters. The fraction of sp³-hybridized carbons (Fsp3) is 0.348. The van der Waals surface area contributed by atoms with Crippen molar-refractivity contribution in [2.75, 3.05) is 13.2 Å². The van der Waals surface area contributed by atoms with Crippen LogP contribution in [0.15, 0.2) is 36.4 Å². The van der Waals surface area contributed by atoms with Crippen LogP contribution in [0, 0.1) is 29.3 Å². The van der Waals surface area contributed by atoms with Gasteiger partial charge in [0.25, 0.3) is 0 Å². The number of rotatable bonds is 6. The number of fused-ring (bicyclic) bond motifs is 1. The highest BCUT2D eigenvalue weighted by Crippen LogP contribution is 2.48. The minimum atomic E-state index is -0.689. The minimum absolute atomic E-state index is 0.00106. The van der Waals surface area contributed by atoms with Crippen LogP contribution < -0.4 is 5.32 Å². The Kier molecular flexibility index (Phi) is 5.56. The molecule has 1 heterocycles. The number of aliphatic hydroxyl groups excluding tert-OH is 1. The number of amides is 1. The van der Waals surface area contributed by atoms with Gasteiger partial charge in [-0.3, -0.25) is 4.79 Å². The molecular weight excluding hydrogens is 393 g/mol. The van der Waals surface area contributed by atoms with Crippen LogP contribution in [-0.4, -0.2) is 29.1 Å². The molecular formula is C23H23F3N2O2. The van der Waals surface area contributed by atoms with E-state index in [9.17, 15) is 18.0 Å². The lowest BCUT2D eigenvalue weighted by Gasteiger charge is -2.35. The van der Waals surface area contributed by atoms with E-state index in [1.807, 2.05) is 6.92 Å². The van der Waals surface area contributed by atoms with Crippen molar-refractivity contribution in [2.45, 2.75) is 25.7 Å². The fourth-order valence-corrected chi connectivity index (χ4v) is 4.06. The Morgan fingerprint density at radius 2 is 1.87 bits per heavy atom. The Labute approximate surface area is 172 Å². The lowest BCUT2D eigenvalue weighted by molar-refractivity contribution is -0.128.